The standard InChI is InChI=1S/C54H106O4S/c1-7-13-17-21-25-27-29-33-37-41-46-54(58-53(56)12-6,47-42-38-34-30-28-26-22-18-14-8-2)49-51(44-40-36-32-24-20-16-10-4)59-50(45-48-57-52(55)11-5)43-39-35-31-23-19-15-9-3/h50-51H,7-49H2,1-6H3. The molecule has 0 heterocycles. The van der Waals surface area contributed by atoms with E-state index in [0.29, 0.717) is 29.9 Å². The first-order valence-corrected chi connectivity index (χ1v) is 27.9. The molecular formula is C54H106O4S. The number of ether oxygens (including phenoxy) is 2. The second-order valence-electron chi connectivity index (χ2n) is 18.6. The first-order valence-electron chi connectivity index (χ1n) is 26.9. The third kappa shape index (κ3) is 38.7. The van der Waals surface area contributed by atoms with Crippen molar-refractivity contribution in [3.05, 3.63) is 0 Å². The first-order chi connectivity index (χ1) is 28.9. The molecule has 59 heavy (non-hydrogen) atoms. The van der Waals surface area contributed by atoms with Crippen LogP contribution in [0.2, 0.25) is 0 Å². The van der Waals surface area contributed by atoms with Crippen LogP contribution in [0.5, 0.6) is 0 Å². The van der Waals surface area contributed by atoms with Gasteiger partial charge in [0.1, 0.15) is 5.60 Å². The molecule has 0 aromatic heterocycles. The maximum absolute atomic E-state index is 13.4. The van der Waals surface area contributed by atoms with E-state index in [1.165, 1.54) is 218 Å². The summed E-state index contributed by atoms with van der Waals surface area (Å²) < 4.78 is 12.5. The van der Waals surface area contributed by atoms with Crippen LogP contribution in [0.1, 0.15) is 311 Å². The van der Waals surface area contributed by atoms with Crippen molar-refractivity contribution < 1.29 is 19.1 Å². The summed E-state index contributed by atoms with van der Waals surface area (Å²) in [4.78, 5) is 25.6. The highest BCUT2D eigenvalue weighted by molar-refractivity contribution is 8.00. The van der Waals surface area contributed by atoms with Crippen molar-refractivity contribution in [1.82, 2.24) is 0 Å². The van der Waals surface area contributed by atoms with Crippen LogP contribution in [0, 0.1) is 0 Å². The predicted molar refractivity (Wildman–Crippen MR) is 263 cm³/mol. The van der Waals surface area contributed by atoms with Crippen molar-refractivity contribution in [1.29, 1.82) is 0 Å². The lowest BCUT2D eigenvalue weighted by Gasteiger charge is -2.38. The third-order valence-electron chi connectivity index (χ3n) is 12.8. The molecule has 0 N–H and O–H groups in total. The molecule has 0 bridgehead atoms. The molecular weight excluding hydrogens is 745 g/mol. The van der Waals surface area contributed by atoms with Gasteiger partial charge in [-0.05, 0) is 51.4 Å². The second-order valence-corrected chi connectivity index (χ2v) is 20.2. The van der Waals surface area contributed by atoms with E-state index in [4.69, 9.17) is 9.47 Å². The van der Waals surface area contributed by atoms with Crippen LogP contribution in [0.25, 0.3) is 0 Å². The van der Waals surface area contributed by atoms with Gasteiger partial charge in [-0.2, -0.15) is 11.8 Å². The topological polar surface area (TPSA) is 52.6 Å². The SMILES string of the molecule is CCCCCCCCCCCCC(CCCCCCCCCCCC)(CC(CCCCCCCCC)SC(CCCCCCCCC)CCOC(=O)CC)OC(=O)CC. The van der Waals surface area contributed by atoms with E-state index in [-0.39, 0.29) is 17.5 Å². The summed E-state index contributed by atoms with van der Waals surface area (Å²) in [5.41, 5.74) is -0.370. The van der Waals surface area contributed by atoms with Gasteiger partial charge in [0.25, 0.3) is 0 Å². The van der Waals surface area contributed by atoms with Crippen LogP contribution in [-0.2, 0) is 19.1 Å². The Morgan fingerprint density at radius 1 is 0.390 bits per heavy atom. The summed E-state index contributed by atoms with van der Waals surface area (Å²) in [6.07, 6.45) is 52.2. The Hall–Kier alpha value is -0.710. The Morgan fingerprint density at radius 3 is 1.07 bits per heavy atom. The highest BCUT2D eigenvalue weighted by atomic mass is 32.2. The third-order valence-corrected chi connectivity index (χ3v) is 14.5. The van der Waals surface area contributed by atoms with Gasteiger partial charge < -0.3 is 9.47 Å². The van der Waals surface area contributed by atoms with E-state index in [1.807, 2.05) is 13.8 Å². The van der Waals surface area contributed by atoms with Crippen molar-refractivity contribution in [3.8, 4) is 0 Å². The molecule has 5 heteroatoms. The number of rotatable bonds is 48. The highest BCUT2D eigenvalue weighted by Gasteiger charge is 2.37. The van der Waals surface area contributed by atoms with E-state index >= 15 is 0 Å². The van der Waals surface area contributed by atoms with Crippen molar-refractivity contribution in [3.63, 3.8) is 0 Å². The minimum Gasteiger partial charge on any atom is -0.466 e. The van der Waals surface area contributed by atoms with E-state index in [0.717, 1.165) is 38.5 Å². The largest absolute Gasteiger partial charge is 0.466 e. The van der Waals surface area contributed by atoms with Crippen LogP contribution in [0.3, 0.4) is 0 Å². The predicted octanol–water partition coefficient (Wildman–Crippen LogP) is 18.8. The molecule has 0 aromatic carbocycles. The number of carbonyl (C=O) groups is 2. The van der Waals surface area contributed by atoms with Crippen molar-refractivity contribution in [2.75, 3.05) is 6.61 Å². The summed E-state index contributed by atoms with van der Waals surface area (Å²) in [5, 5.41) is 0.928. The van der Waals surface area contributed by atoms with Crippen LogP contribution in [0.15, 0.2) is 0 Å². The van der Waals surface area contributed by atoms with Crippen LogP contribution in [-0.4, -0.2) is 34.6 Å². The van der Waals surface area contributed by atoms with Crippen molar-refractivity contribution in [2.45, 2.75) is 327 Å². The first kappa shape index (κ1) is 58.3. The Kier molecular flexibility index (Phi) is 44.8. The van der Waals surface area contributed by atoms with Gasteiger partial charge in [0.05, 0.1) is 6.61 Å². The minimum atomic E-state index is -0.370. The number of hydrogen-bond donors (Lipinski definition) is 0. The fraction of sp³-hybridized carbons (Fsp3) is 0.963. The van der Waals surface area contributed by atoms with Gasteiger partial charge >= 0.3 is 11.9 Å². The number of carbonyl (C=O) groups excluding carboxylic acids is 2. The zero-order valence-electron chi connectivity index (χ0n) is 41.1. The molecule has 0 aromatic rings. The average molecular weight is 852 g/mol. The lowest BCUT2D eigenvalue weighted by Crippen LogP contribution is -2.39. The zero-order chi connectivity index (χ0) is 43.3. The highest BCUT2D eigenvalue weighted by Crippen LogP contribution is 2.40. The molecule has 0 aliphatic rings. The van der Waals surface area contributed by atoms with Crippen LogP contribution < -0.4 is 0 Å². The van der Waals surface area contributed by atoms with E-state index in [9.17, 15) is 9.59 Å². The molecule has 0 saturated carbocycles. The average Bonchev–Trinajstić information content (AvgIpc) is 3.23. The summed E-state index contributed by atoms with van der Waals surface area (Å²) in [6.45, 7) is 13.6. The minimum absolute atomic E-state index is 0.00469. The lowest BCUT2D eigenvalue weighted by atomic mass is 9.84. The smallest absolute Gasteiger partial charge is 0.306 e. The molecule has 0 fully saturated rings. The van der Waals surface area contributed by atoms with Crippen molar-refractivity contribution in [2.24, 2.45) is 0 Å². The maximum Gasteiger partial charge on any atom is 0.306 e. The fourth-order valence-corrected chi connectivity index (χ4v) is 10.7. The summed E-state index contributed by atoms with van der Waals surface area (Å²) in [5.74, 6) is -0.0855. The quantitative estimate of drug-likeness (QED) is 0.0451. The molecule has 0 radical (unpaired) electrons. The molecule has 2 unspecified atom stereocenters. The van der Waals surface area contributed by atoms with Gasteiger partial charge in [-0.1, -0.05) is 247 Å². The molecule has 0 amide bonds. The summed E-state index contributed by atoms with van der Waals surface area (Å²) in [7, 11) is 0. The summed E-state index contributed by atoms with van der Waals surface area (Å²) in [6, 6.07) is 0. The Balaban J connectivity index is 6.08. The molecule has 352 valence electrons. The van der Waals surface area contributed by atoms with Crippen molar-refractivity contribution >= 4 is 23.7 Å². The van der Waals surface area contributed by atoms with Gasteiger partial charge in [-0.25, -0.2) is 0 Å². The zero-order valence-corrected chi connectivity index (χ0v) is 41.9. The number of unbranched alkanes of at least 4 members (excludes halogenated alkanes) is 30. The normalized spacial score (nSPS) is 12.8. The Morgan fingerprint density at radius 2 is 0.712 bits per heavy atom. The number of thioether (sulfide) groups is 1. The van der Waals surface area contributed by atoms with E-state index < -0.39 is 0 Å². The molecule has 0 saturated heterocycles. The molecule has 2 atom stereocenters. The lowest BCUT2D eigenvalue weighted by molar-refractivity contribution is -0.162. The van der Waals surface area contributed by atoms with Gasteiger partial charge in [0.15, 0.2) is 0 Å². The molecule has 4 nitrogen and oxygen atoms in total. The van der Waals surface area contributed by atoms with E-state index in [2.05, 4.69) is 39.5 Å². The molecule has 0 aliphatic heterocycles. The van der Waals surface area contributed by atoms with Gasteiger partial charge in [0, 0.05) is 23.3 Å². The summed E-state index contributed by atoms with van der Waals surface area (Å²) >= 11 is 2.19. The van der Waals surface area contributed by atoms with Gasteiger partial charge in [-0.15, -0.1) is 0 Å². The second kappa shape index (κ2) is 45.3. The Labute approximate surface area is 375 Å². The monoisotopic (exact) mass is 851 g/mol. The molecule has 0 aliphatic carbocycles. The fourth-order valence-electron chi connectivity index (χ4n) is 8.91. The number of hydrogen-bond acceptors (Lipinski definition) is 5. The molecule has 0 rings (SSSR count). The van der Waals surface area contributed by atoms with Gasteiger partial charge in [0.2, 0.25) is 0 Å². The maximum atomic E-state index is 13.4. The Bertz CT molecular complexity index is 852. The molecule has 0 spiro atoms. The van der Waals surface area contributed by atoms with Crippen LogP contribution >= 0.6 is 11.8 Å². The van der Waals surface area contributed by atoms with E-state index in [1.54, 1.807) is 0 Å². The number of esters is 2. The van der Waals surface area contributed by atoms with Gasteiger partial charge in [-0.3, -0.25) is 9.59 Å². The van der Waals surface area contributed by atoms with Crippen LogP contribution in [0.4, 0.5) is 0 Å².